The van der Waals surface area contributed by atoms with Crippen LogP contribution < -0.4 is 10.6 Å². The standard InChI is InChI=1S/C24H30BrN3O2/c1-17(2)15-26-24(30)21-5-3-4-6-22(21)27-23(29)19-11-13-28(14-12-19)16-18-7-9-20(25)10-8-18/h3-10,17,19H,11-16H2,1-2H3,(H,26,30)(H,27,29). The third-order valence-electron chi connectivity index (χ3n) is 5.38. The van der Waals surface area contributed by atoms with Crippen LogP contribution in [0.4, 0.5) is 5.69 Å². The van der Waals surface area contributed by atoms with E-state index in [1.54, 1.807) is 12.1 Å². The van der Waals surface area contributed by atoms with Gasteiger partial charge >= 0.3 is 0 Å². The van der Waals surface area contributed by atoms with Crippen molar-refractivity contribution in [1.29, 1.82) is 0 Å². The molecule has 1 saturated heterocycles. The Morgan fingerprint density at radius 2 is 1.73 bits per heavy atom. The summed E-state index contributed by atoms with van der Waals surface area (Å²) in [6.07, 6.45) is 1.65. The van der Waals surface area contributed by atoms with Gasteiger partial charge in [0.25, 0.3) is 5.91 Å². The summed E-state index contributed by atoms with van der Waals surface area (Å²) in [7, 11) is 0. The molecule has 1 aliphatic rings. The van der Waals surface area contributed by atoms with Crippen molar-refractivity contribution in [2.45, 2.75) is 33.2 Å². The van der Waals surface area contributed by atoms with Gasteiger partial charge in [0, 0.05) is 23.5 Å². The topological polar surface area (TPSA) is 61.4 Å². The summed E-state index contributed by atoms with van der Waals surface area (Å²) in [5.74, 6) is 0.197. The zero-order valence-electron chi connectivity index (χ0n) is 17.7. The van der Waals surface area contributed by atoms with Gasteiger partial charge in [0.05, 0.1) is 11.3 Å². The molecule has 1 fully saturated rings. The third kappa shape index (κ3) is 6.41. The van der Waals surface area contributed by atoms with Crippen LogP contribution in [0.1, 0.15) is 42.6 Å². The minimum Gasteiger partial charge on any atom is -0.352 e. The molecule has 0 aliphatic carbocycles. The Labute approximate surface area is 187 Å². The van der Waals surface area contributed by atoms with Crippen LogP contribution in [0.3, 0.4) is 0 Å². The molecule has 0 spiro atoms. The molecule has 2 N–H and O–H groups in total. The molecule has 160 valence electrons. The van der Waals surface area contributed by atoms with Crippen molar-refractivity contribution < 1.29 is 9.59 Å². The van der Waals surface area contributed by atoms with Gasteiger partial charge in [-0.1, -0.05) is 54.0 Å². The Morgan fingerprint density at radius 3 is 2.40 bits per heavy atom. The van der Waals surface area contributed by atoms with Gasteiger partial charge in [-0.15, -0.1) is 0 Å². The quantitative estimate of drug-likeness (QED) is 0.615. The highest BCUT2D eigenvalue weighted by atomic mass is 79.9. The van der Waals surface area contributed by atoms with Gasteiger partial charge in [0.15, 0.2) is 0 Å². The summed E-state index contributed by atoms with van der Waals surface area (Å²) >= 11 is 3.47. The van der Waals surface area contributed by atoms with Crippen molar-refractivity contribution in [3.05, 3.63) is 64.1 Å². The lowest BCUT2D eigenvalue weighted by Gasteiger charge is -2.31. The summed E-state index contributed by atoms with van der Waals surface area (Å²) < 4.78 is 1.08. The molecular weight excluding hydrogens is 442 g/mol. The molecule has 0 atom stereocenters. The minimum absolute atomic E-state index is 0.00222. The fourth-order valence-corrected chi connectivity index (χ4v) is 3.88. The molecule has 0 bridgehead atoms. The average molecular weight is 472 g/mol. The van der Waals surface area contributed by atoms with E-state index in [2.05, 4.69) is 69.6 Å². The zero-order valence-corrected chi connectivity index (χ0v) is 19.2. The number of carbonyl (C=O) groups excluding carboxylic acids is 2. The molecule has 5 nitrogen and oxygen atoms in total. The molecule has 6 heteroatoms. The Bertz CT molecular complexity index is 859. The fraction of sp³-hybridized carbons (Fsp3) is 0.417. The van der Waals surface area contributed by atoms with Crippen LogP contribution in [-0.4, -0.2) is 36.3 Å². The third-order valence-corrected chi connectivity index (χ3v) is 5.91. The van der Waals surface area contributed by atoms with E-state index >= 15 is 0 Å². The molecule has 1 heterocycles. The maximum atomic E-state index is 12.8. The summed E-state index contributed by atoms with van der Waals surface area (Å²) in [6, 6.07) is 15.6. The number of hydrogen-bond donors (Lipinski definition) is 2. The molecule has 30 heavy (non-hydrogen) atoms. The first-order valence-corrected chi connectivity index (χ1v) is 11.4. The highest BCUT2D eigenvalue weighted by molar-refractivity contribution is 9.10. The van der Waals surface area contributed by atoms with E-state index < -0.39 is 0 Å². The molecule has 2 amide bonds. The van der Waals surface area contributed by atoms with Gasteiger partial charge in [-0.05, 0) is 61.7 Å². The highest BCUT2D eigenvalue weighted by Crippen LogP contribution is 2.23. The maximum absolute atomic E-state index is 12.8. The van der Waals surface area contributed by atoms with E-state index in [4.69, 9.17) is 0 Å². The summed E-state index contributed by atoms with van der Waals surface area (Å²) in [5.41, 5.74) is 2.38. The van der Waals surface area contributed by atoms with E-state index in [1.165, 1.54) is 5.56 Å². The SMILES string of the molecule is CC(C)CNC(=O)c1ccccc1NC(=O)C1CCN(Cc2ccc(Br)cc2)CC1. The maximum Gasteiger partial charge on any atom is 0.253 e. The number of piperidine rings is 1. The van der Waals surface area contributed by atoms with Gasteiger partial charge in [0.2, 0.25) is 5.91 Å². The normalized spacial score (nSPS) is 15.2. The monoisotopic (exact) mass is 471 g/mol. The Kier molecular flexibility index (Phi) is 8.05. The molecule has 2 aromatic rings. The molecular formula is C24H30BrN3O2. The smallest absolute Gasteiger partial charge is 0.253 e. The van der Waals surface area contributed by atoms with Crippen LogP contribution in [0.2, 0.25) is 0 Å². The van der Waals surface area contributed by atoms with Crippen LogP contribution in [0.25, 0.3) is 0 Å². The number of hydrogen-bond acceptors (Lipinski definition) is 3. The first kappa shape index (κ1) is 22.5. The van der Waals surface area contributed by atoms with Gasteiger partial charge < -0.3 is 10.6 Å². The summed E-state index contributed by atoms with van der Waals surface area (Å²) in [6.45, 7) is 7.40. The summed E-state index contributed by atoms with van der Waals surface area (Å²) in [5, 5.41) is 5.92. The largest absolute Gasteiger partial charge is 0.352 e. The van der Waals surface area contributed by atoms with E-state index in [-0.39, 0.29) is 17.7 Å². The van der Waals surface area contributed by atoms with Crippen LogP contribution in [-0.2, 0) is 11.3 Å². The first-order chi connectivity index (χ1) is 14.4. The van der Waals surface area contributed by atoms with Gasteiger partial charge in [-0.2, -0.15) is 0 Å². The highest BCUT2D eigenvalue weighted by Gasteiger charge is 2.26. The predicted molar refractivity (Wildman–Crippen MR) is 124 cm³/mol. The predicted octanol–water partition coefficient (Wildman–Crippen LogP) is 4.69. The van der Waals surface area contributed by atoms with Crippen LogP contribution >= 0.6 is 15.9 Å². The fourth-order valence-electron chi connectivity index (χ4n) is 3.62. The molecule has 0 aromatic heterocycles. The van der Waals surface area contributed by atoms with E-state index in [1.807, 2.05) is 12.1 Å². The second kappa shape index (κ2) is 10.7. The van der Waals surface area contributed by atoms with Crippen molar-refractivity contribution in [2.24, 2.45) is 11.8 Å². The Hall–Kier alpha value is -2.18. The number of nitrogens with zero attached hydrogens (tertiary/aromatic N) is 1. The van der Waals surface area contributed by atoms with E-state index in [9.17, 15) is 9.59 Å². The molecule has 0 unspecified atom stereocenters. The number of para-hydroxylation sites is 1. The molecule has 2 aromatic carbocycles. The Balaban J connectivity index is 1.53. The summed E-state index contributed by atoms with van der Waals surface area (Å²) in [4.78, 5) is 27.7. The number of amides is 2. The molecule has 1 aliphatic heterocycles. The number of anilines is 1. The number of benzene rings is 2. The number of halogens is 1. The van der Waals surface area contributed by atoms with Crippen molar-refractivity contribution in [3.63, 3.8) is 0 Å². The van der Waals surface area contributed by atoms with Crippen molar-refractivity contribution in [2.75, 3.05) is 25.0 Å². The van der Waals surface area contributed by atoms with Crippen molar-refractivity contribution in [1.82, 2.24) is 10.2 Å². The first-order valence-electron chi connectivity index (χ1n) is 10.6. The lowest BCUT2D eigenvalue weighted by molar-refractivity contribution is -0.121. The average Bonchev–Trinajstić information content (AvgIpc) is 2.74. The number of carbonyl (C=O) groups is 2. The molecule has 0 saturated carbocycles. The van der Waals surface area contributed by atoms with E-state index in [0.29, 0.717) is 23.7 Å². The lowest BCUT2D eigenvalue weighted by atomic mass is 9.95. The lowest BCUT2D eigenvalue weighted by Crippen LogP contribution is -2.38. The van der Waals surface area contributed by atoms with Gasteiger partial charge in [0.1, 0.15) is 0 Å². The molecule has 0 radical (unpaired) electrons. The van der Waals surface area contributed by atoms with Crippen LogP contribution in [0.15, 0.2) is 53.0 Å². The van der Waals surface area contributed by atoms with Crippen LogP contribution in [0, 0.1) is 11.8 Å². The van der Waals surface area contributed by atoms with Crippen molar-refractivity contribution in [3.8, 4) is 0 Å². The number of nitrogens with one attached hydrogen (secondary N) is 2. The second-order valence-corrected chi connectivity index (χ2v) is 9.23. The number of rotatable bonds is 7. The Morgan fingerprint density at radius 1 is 1.07 bits per heavy atom. The molecule has 3 rings (SSSR count). The van der Waals surface area contributed by atoms with Crippen LogP contribution in [0.5, 0.6) is 0 Å². The second-order valence-electron chi connectivity index (χ2n) is 8.32. The van der Waals surface area contributed by atoms with Crippen molar-refractivity contribution >= 4 is 33.4 Å². The minimum atomic E-state index is -0.149. The van der Waals surface area contributed by atoms with Gasteiger partial charge in [-0.3, -0.25) is 14.5 Å². The zero-order chi connectivity index (χ0) is 21.5. The van der Waals surface area contributed by atoms with E-state index in [0.717, 1.165) is 36.9 Å². The van der Waals surface area contributed by atoms with Gasteiger partial charge in [-0.25, -0.2) is 0 Å². The number of likely N-dealkylation sites (tertiary alicyclic amines) is 1.